The van der Waals surface area contributed by atoms with Crippen molar-refractivity contribution in [1.82, 2.24) is 0 Å². The van der Waals surface area contributed by atoms with Crippen LogP contribution in [0.3, 0.4) is 0 Å². The lowest BCUT2D eigenvalue weighted by Crippen LogP contribution is -2.39. The Morgan fingerprint density at radius 2 is 1.56 bits per heavy atom. The Labute approximate surface area is 99.0 Å². The van der Waals surface area contributed by atoms with Crippen LogP contribution in [0.1, 0.15) is 54.4 Å². The van der Waals surface area contributed by atoms with Gasteiger partial charge in [0.2, 0.25) is 0 Å². The molecule has 1 heteroatoms. The topological polar surface area (TPSA) is 26.0 Å². The molecule has 1 aromatic rings. The fourth-order valence-corrected chi connectivity index (χ4v) is 2.95. The molecule has 0 heterocycles. The molecule has 0 spiro atoms. The van der Waals surface area contributed by atoms with Crippen LogP contribution in [0, 0.1) is 20.8 Å². The van der Waals surface area contributed by atoms with E-state index in [9.17, 15) is 0 Å². The number of nitrogens with two attached hydrogens (primary N) is 1. The van der Waals surface area contributed by atoms with Crippen molar-refractivity contribution in [3.8, 4) is 0 Å². The summed E-state index contributed by atoms with van der Waals surface area (Å²) in [6, 6.07) is 4.48. The molecule has 0 radical (unpaired) electrons. The summed E-state index contributed by atoms with van der Waals surface area (Å²) < 4.78 is 0. The second-order valence-electron chi connectivity index (χ2n) is 5.40. The highest BCUT2D eigenvalue weighted by Gasteiger charge is 2.30. The third kappa shape index (κ3) is 1.89. The summed E-state index contributed by atoms with van der Waals surface area (Å²) in [5, 5.41) is 0. The summed E-state index contributed by atoms with van der Waals surface area (Å²) in [7, 11) is 0. The molecule has 1 saturated carbocycles. The largest absolute Gasteiger partial charge is 0.321 e. The zero-order valence-corrected chi connectivity index (χ0v) is 10.8. The van der Waals surface area contributed by atoms with Gasteiger partial charge in [0.15, 0.2) is 0 Å². The van der Waals surface area contributed by atoms with Gasteiger partial charge in [0.25, 0.3) is 0 Å². The van der Waals surface area contributed by atoms with Crippen LogP contribution in [0.15, 0.2) is 12.1 Å². The normalized spacial score (nSPS) is 19.8. The van der Waals surface area contributed by atoms with Crippen molar-refractivity contribution in [2.45, 2.75) is 58.4 Å². The first-order chi connectivity index (χ1) is 7.54. The zero-order chi connectivity index (χ0) is 11.8. The molecule has 88 valence electrons. The third-order valence-corrected chi connectivity index (χ3v) is 4.34. The highest BCUT2D eigenvalue weighted by Crippen LogP contribution is 2.37. The number of aryl methyl sites for hydroxylation is 1. The molecule has 1 nitrogen and oxygen atoms in total. The second-order valence-corrected chi connectivity index (χ2v) is 5.40. The minimum absolute atomic E-state index is 0.0548. The first kappa shape index (κ1) is 11.7. The number of benzene rings is 1. The van der Waals surface area contributed by atoms with E-state index < -0.39 is 0 Å². The van der Waals surface area contributed by atoms with E-state index in [1.807, 2.05) is 0 Å². The third-order valence-electron chi connectivity index (χ3n) is 4.34. The second kappa shape index (κ2) is 4.21. The molecule has 0 unspecified atom stereocenters. The number of hydrogen-bond acceptors (Lipinski definition) is 1. The van der Waals surface area contributed by atoms with E-state index in [1.165, 1.54) is 41.5 Å². The maximum atomic E-state index is 6.60. The van der Waals surface area contributed by atoms with Crippen molar-refractivity contribution in [2.75, 3.05) is 0 Å². The highest BCUT2D eigenvalue weighted by molar-refractivity contribution is 5.42. The van der Waals surface area contributed by atoms with Crippen LogP contribution in [0.4, 0.5) is 0 Å². The lowest BCUT2D eigenvalue weighted by atomic mass is 9.75. The molecule has 1 fully saturated rings. The molecule has 1 aliphatic rings. The summed E-state index contributed by atoms with van der Waals surface area (Å²) in [5.41, 5.74) is 12.1. The average Bonchev–Trinajstić information content (AvgIpc) is 2.27. The number of rotatable bonds is 1. The van der Waals surface area contributed by atoms with Gasteiger partial charge in [-0.1, -0.05) is 31.4 Å². The molecule has 0 bridgehead atoms. The Kier molecular flexibility index (Phi) is 3.07. The van der Waals surface area contributed by atoms with Gasteiger partial charge in [-0.2, -0.15) is 0 Å². The lowest BCUT2D eigenvalue weighted by Gasteiger charge is -2.35. The van der Waals surface area contributed by atoms with Crippen molar-refractivity contribution in [1.29, 1.82) is 0 Å². The van der Waals surface area contributed by atoms with Crippen LogP contribution in [0.2, 0.25) is 0 Å². The number of hydrogen-bond donors (Lipinski definition) is 1. The van der Waals surface area contributed by atoms with Gasteiger partial charge in [-0.3, -0.25) is 0 Å². The van der Waals surface area contributed by atoms with Gasteiger partial charge >= 0.3 is 0 Å². The van der Waals surface area contributed by atoms with Crippen molar-refractivity contribution < 1.29 is 0 Å². The first-order valence-corrected chi connectivity index (χ1v) is 6.41. The fourth-order valence-electron chi connectivity index (χ4n) is 2.95. The van der Waals surface area contributed by atoms with E-state index in [2.05, 4.69) is 32.9 Å². The van der Waals surface area contributed by atoms with E-state index in [1.54, 1.807) is 0 Å². The van der Waals surface area contributed by atoms with Crippen LogP contribution < -0.4 is 5.73 Å². The standard InChI is InChI=1S/C15H23N/c1-11-7-8-14(13(3)12(11)2)15(16)9-5-4-6-10-15/h7-8H,4-6,9-10,16H2,1-3H3. The predicted octanol–water partition coefficient (Wildman–Crippen LogP) is 3.73. The molecule has 2 rings (SSSR count). The molecule has 1 aliphatic carbocycles. The maximum absolute atomic E-state index is 6.60. The SMILES string of the molecule is Cc1ccc(C2(N)CCCCC2)c(C)c1C. The van der Waals surface area contributed by atoms with Gasteiger partial charge in [-0.05, 0) is 55.9 Å². The Hall–Kier alpha value is -0.820. The van der Waals surface area contributed by atoms with Crippen molar-refractivity contribution >= 4 is 0 Å². The van der Waals surface area contributed by atoms with E-state index in [-0.39, 0.29) is 5.54 Å². The molecular formula is C15H23N. The zero-order valence-electron chi connectivity index (χ0n) is 10.8. The minimum atomic E-state index is -0.0548. The minimum Gasteiger partial charge on any atom is -0.321 e. The van der Waals surface area contributed by atoms with Crippen molar-refractivity contribution in [3.05, 3.63) is 34.4 Å². The molecule has 0 amide bonds. The molecule has 0 saturated heterocycles. The molecule has 16 heavy (non-hydrogen) atoms. The summed E-state index contributed by atoms with van der Waals surface area (Å²) in [6.07, 6.45) is 6.21. The van der Waals surface area contributed by atoms with Crippen LogP contribution >= 0.6 is 0 Å². The van der Waals surface area contributed by atoms with E-state index >= 15 is 0 Å². The van der Waals surface area contributed by atoms with Gasteiger partial charge in [-0.15, -0.1) is 0 Å². The van der Waals surface area contributed by atoms with Crippen LogP contribution in [0.25, 0.3) is 0 Å². The van der Waals surface area contributed by atoms with Gasteiger partial charge < -0.3 is 5.73 Å². The Bertz CT molecular complexity index is 387. The van der Waals surface area contributed by atoms with Gasteiger partial charge in [-0.25, -0.2) is 0 Å². The molecule has 0 aromatic heterocycles. The smallest absolute Gasteiger partial charge is 0.0412 e. The molecule has 1 aromatic carbocycles. The predicted molar refractivity (Wildman–Crippen MR) is 69.6 cm³/mol. The fraction of sp³-hybridized carbons (Fsp3) is 0.600. The van der Waals surface area contributed by atoms with E-state index in [0.29, 0.717) is 0 Å². The van der Waals surface area contributed by atoms with Crippen molar-refractivity contribution in [3.63, 3.8) is 0 Å². The highest BCUT2D eigenvalue weighted by atomic mass is 14.7. The molecule has 0 aliphatic heterocycles. The average molecular weight is 217 g/mol. The lowest BCUT2D eigenvalue weighted by molar-refractivity contribution is 0.301. The molecule has 0 atom stereocenters. The molecule has 2 N–H and O–H groups in total. The Morgan fingerprint density at radius 1 is 0.938 bits per heavy atom. The summed E-state index contributed by atoms with van der Waals surface area (Å²) in [5.74, 6) is 0. The quantitative estimate of drug-likeness (QED) is 0.762. The van der Waals surface area contributed by atoms with Crippen molar-refractivity contribution in [2.24, 2.45) is 5.73 Å². The maximum Gasteiger partial charge on any atom is 0.0412 e. The van der Waals surface area contributed by atoms with Gasteiger partial charge in [0, 0.05) is 5.54 Å². The summed E-state index contributed by atoms with van der Waals surface area (Å²) >= 11 is 0. The van der Waals surface area contributed by atoms with Crippen LogP contribution in [0.5, 0.6) is 0 Å². The van der Waals surface area contributed by atoms with Crippen LogP contribution in [-0.4, -0.2) is 0 Å². The van der Waals surface area contributed by atoms with Gasteiger partial charge in [0.1, 0.15) is 0 Å². The Balaban J connectivity index is 2.43. The summed E-state index contributed by atoms with van der Waals surface area (Å²) in [6.45, 7) is 6.61. The monoisotopic (exact) mass is 217 g/mol. The summed E-state index contributed by atoms with van der Waals surface area (Å²) in [4.78, 5) is 0. The van der Waals surface area contributed by atoms with E-state index in [0.717, 1.165) is 12.8 Å². The Morgan fingerprint density at radius 3 is 2.19 bits per heavy atom. The van der Waals surface area contributed by atoms with E-state index in [4.69, 9.17) is 5.73 Å². The van der Waals surface area contributed by atoms with Crippen LogP contribution in [-0.2, 0) is 5.54 Å². The first-order valence-electron chi connectivity index (χ1n) is 6.41. The van der Waals surface area contributed by atoms with Gasteiger partial charge in [0.05, 0.1) is 0 Å². The molecular weight excluding hydrogens is 194 g/mol.